The summed E-state index contributed by atoms with van der Waals surface area (Å²) in [6.45, 7) is 0. The maximum absolute atomic E-state index is 14.3. The van der Waals surface area contributed by atoms with E-state index in [2.05, 4.69) is 15.9 Å². The van der Waals surface area contributed by atoms with E-state index < -0.39 is 79.3 Å². The van der Waals surface area contributed by atoms with E-state index in [1.54, 1.807) is 5.32 Å². The third-order valence-electron chi connectivity index (χ3n) is 4.30. The standard InChI is InChI=1S/C17H8BrF10N3O3/c18-9-5-7(14(19,16(23,24)25)17(26,27)28)4-8(15(20,21)22)12(9)30-13(32)6-1-2-10(29)11(3-6)31(33)34/h1-5H,29H2,(H,30,32). The Labute approximate surface area is 190 Å². The second-order valence-electron chi connectivity index (χ2n) is 6.52. The van der Waals surface area contributed by atoms with Crippen molar-refractivity contribution in [2.24, 2.45) is 0 Å². The van der Waals surface area contributed by atoms with E-state index in [0.29, 0.717) is 6.07 Å². The highest BCUT2D eigenvalue weighted by molar-refractivity contribution is 9.10. The Bertz CT molecular complexity index is 1130. The fourth-order valence-corrected chi connectivity index (χ4v) is 3.23. The molecule has 2 aromatic rings. The van der Waals surface area contributed by atoms with E-state index in [-0.39, 0.29) is 6.07 Å². The largest absolute Gasteiger partial charge is 0.435 e. The number of halogens is 11. The molecule has 0 bridgehead atoms. The first-order chi connectivity index (χ1) is 15.2. The van der Waals surface area contributed by atoms with Gasteiger partial charge in [-0.05, 0) is 40.2 Å². The van der Waals surface area contributed by atoms with Crippen molar-refractivity contribution in [2.75, 3.05) is 11.1 Å². The summed E-state index contributed by atoms with van der Waals surface area (Å²) in [4.78, 5) is 22.2. The predicted octanol–water partition coefficient (Wildman–Crippen LogP) is 6.50. The van der Waals surface area contributed by atoms with Gasteiger partial charge in [-0.15, -0.1) is 0 Å². The Morgan fingerprint density at radius 1 is 0.941 bits per heavy atom. The van der Waals surface area contributed by atoms with Crippen LogP contribution in [0.25, 0.3) is 0 Å². The van der Waals surface area contributed by atoms with Gasteiger partial charge < -0.3 is 11.1 Å². The number of nitrogens with two attached hydrogens (primary N) is 1. The molecule has 0 atom stereocenters. The molecule has 0 aromatic heterocycles. The summed E-state index contributed by atoms with van der Waals surface area (Å²) in [5.74, 6) is -1.47. The van der Waals surface area contributed by atoms with Crippen molar-refractivity contribution < 1.29 is 53.6 Å². The zero-order chi connectivity index (χ0) is 26.4. The monoisotopic (exact) mass is 571 g/mol. The Hall–Kier alpha value is -3.11. The van der Waals surface area contributed by atoms with Gasteiger partial charge in [0.2, 0.25) is 0 Å². The topological polar surface area (TPSA) is 98.3 Å². The maximum atomic E-state index is 14.3. The van der Waals surface area contributed by atoms with Crippen LogP contribution in [-0.2, 0) is 11.8 Å². The lowest BCUT2D eigenvalue weighted by Gasteiger charge is -2.31. The lowest BCUT2D eigenvalue weighted by Crippen LogP contribution is -2.50. The van der Waals surface area contributed by atoms with Gasteiger partial charge in [-0.3, -0.25) is 14.9 Å². The zero-order valence-corrected chi connectivity index (χ0v) is 17.4. The number of nitrogens with one attached hydrogen (secondary N) is 1. The number of nitrogen functional groups attached to an aromatic ring is 1. The molecule has 1 amide bonds. The van der Waals surface area contributed by atoms with Crippen LogP contribution in [0.15, 0.2) is 34.8 Å². The summed E-state index contributed by atoms with van der Waals surface area (Å²) in [6, 6.07) is 1.32. The van der Waals surface area contributed by atoms with Crippen LogP contribution < -0.4 is 11.1 Å². The number of benzene rings is 2. The van der Waals surface area contributed by atoms with E-state index in [1.165, 1.54) is 0 Å². The molecule has 17 heteroatoms. The number of rotatable bonds is 4. The Kier molecular flexibility index (Phi) is 6.86. The molecule has 0 spiro atoms. The minimum Gasteiger partial charge on any atom is -0.393 e. The Balaban J connectivity index is 2.69. The van der Waals surface area contributed by atoms with Gasteiger partial charge in [0.1, 0.15) is 5.69 Å². The van der Waals surface area contributed by atoms with Crippen LogP contribution >= 0.6 is 15.9 Å². The number of alkyl halides is 10. The molecule has 0 aliphatic carbocycles. The van der Waals surface area contributed by atoms with Crippen LogP contribution in [0, 0.1) is 10.1 Å². The van der Waals surface area contributed by atoms with E-state index >= 15 is 0 Å². The highest BCUT2D eigenvalue weighted by Gasteiger charge is 2.73. The van der Waals surface area contributed by atoms with Crippen molar-refractivity contribution in [3.05, 3.63) is 61.6 Å². The SMILES string of the molecule is Nc1ccc(C(=O)Nc2c(Br)cc(C(F)(C(F)(F)F)C(F)(F)F)cc2C(F)(F)F)cc1[N+](=O)[O-]. The Morgan fingerprint density at radius 2 is 1.47 bits per heavy atom. The first kappa shape index (κ1) is 27.1. The highest BCUT2D eigenvalue weighted by atomic mass is 79.9. The van der Waals surface area contributed by atoms with E-state index in [0.717, 1.165) is 12.1 Å². The summed E-state index contributed by atoms with van der Waals surface area (Å²) in [7, 11) is 0. The molecule has 34 heavy (non-hydrogen) atoms. The second kappa shape index (κ2) is 8.59. The average Bonchev–Trinajstić information content (AvgIpc) is 2.65. The minimum atomic E-state index is -6.69. The van der Waals surface area contributed by atoms with Gasteiger partial charge in [-0.2, -0.15) is 39.5 Å². The molecular weight excluding hydrogens is 564 g/mol. The number of nitrogens with zero attached hydrogens (tertiary/aromatic N) is 1. The van der Waals surface area contributed by atoms with Gasteiger partial charge >= 0.3 is 24.2 Å². The van der Waals surface area contributed by atoms with Crippen molar-refractivity contribution in [2.45, 2.75) is 24.2 Å². The van der Waals surface area contributed by atoms with Crippen LogP contribution in [0.3, 0.4) is 0 Å². The highest BCUT2D eigenvalue weighted by Crippen LogP contribution is 2.55. The summed E-state index contributed by atoms with van der Waals surface area (Å²) < 4.78 is 132. The van der Waals surface area contributed by atoms with Gasteiger partial charge in [0, 0.05) is 21.7 Å². The fourth-order valence-electron chi connectivity index (χ4n) is 2.67. The molecule has 3 N–H and O–H groups in total. The van der Waals surface area contributed by atoms with Gasteiger partial charge in [0.25, 0.3) is 11.6 Å². The number of carbonyl (C=O) groups excluding carboxylic acids is 1. The van der Waals surface area contributed by atoms with E-state index in [4.69, 9.17) is 5.73 Å². The van der Waals surface area contributed by atoms with Crippen LogP contribution in [0.5, 0.6) is 0 Å². The molecule has 0 saturated heterocycles. The smallest absolute Gasteiger partial charge is 0.393 e. The van der Waals surface area contributed by atoms with Crippen LogP contribution in [0.1, 0.15) is 21.5 Å². The van der Waals surface area contributed by atoms with Crippen LogP contribution in [0.2, 0.25) is 0 Å². The third kappa shape index (κ3) is 4.88. The fraction of sp³-hybridized carbons (Fsp3) is 0.235. The molecule has 6 nitrogen and oxygen atoms in total. The molecule has 2 aromatic carbocycles. The van der Waals surface area contributed by atoms with Crippen molar-refractivity contribution >= 4 is 38.9 Å². The van der Waals surface area contributed by atoms with Gasteiger partial charge in [-0.25, -0.2) is 4.39 Å². The number of anilines is 2. The predicted molar refractivity (Wildman–Crippen MR) is 99.5 cm³/mol. The third-order valence-corrected chi connectivity index (χ3v) is 4.93. The summed E-state index contributed by atoms with van der Waals surface area (Å²) in [5, 5.41) is 12.5. The lowest BCUT2D eigenvalue weighted by atomic mass is 9.92. The molecule has 2 rings (SSSR count). The maximum Gasteiger partial charge on any atom is 0.435 e. The normalized spacial score (nSPS) is 13.0. The van der Waals surface area contributed by atoms with Crippen molar-refractivity contribution in [3.63, 3.8) is 0 Å². The molecule has 0 fully saturated rings. The number of carbonyl (C=O) groups is 1. The Morgan fingerprint density at radius 3 is 1.91 bits per heavy atom. The quantitative estimate of drug-likeness (QED) is 0.189. The molecule has 0 saturated carbocycles. The van der Waals surface area contributed by atoms with E-state index in [1.807, 2.05) is 0 Å². The molecule has 0 aliphatic heterocycles. The van der Waals surface area contributed by atoms with Gasteiger partial charge in [0.05, 0.1) is 16.2 Å². The molecule has 0 radical (unpaired) electrons. The number of nitro groups is 1. The average molecular weight is 572 g/mol. The zero-order valence-electron chi connectivity index (χ0n) is 15.8. The first-order valence-electron chi connectivity index (χ1n) is 8.30. The first-order valence-corrected chi connectivity index (χ1v) is 9.10. The molecular formula is C17H8BrF10N3O3. The number of hydrogen-bond donors (Lipinski definition) is 2. The van der Waals surface area contributed by atoms with Crippen molar-refractivity contribution in [3.8, 4) is 0 Å². The molecule has 0 unspecified atom stereocenters. The number of amides is 1. The van der Waals surface area contributed by atoms with Crippen LogP contribution in [0.4, 0.5) is 61.0 Å². The second-order valence-corrected chi connectivity index (χ2v) is 7.37. The molecule has 0 heterocycles. The van der Waals surface area contributed by atoms with Crippen LogP contribution in [-0.4, -0.2) is 23.2 Å². The summed E-state index contributed by atoms with van der Waals surface area (Å²) in [5.41, 5.74) is -8.78. The van der Waals surface area contributed by atoms with Crippen molar-refractivity contribution in [1.82, 2.24) is 0 Å². The van der Waals surface area contributed by atoms with Gasteiger partial charge in [-0.1, -0.05) is 0 Å². The number of nitro benzene ring substituents is 1. The molecule has 186 valence electrons. The van der Waals surface area contributed by atoms with Crippen molar-refractivity contribution in [1.29, 1.82) is 0 Å². The summed E-state index contributed by atoms with van der Waals surface area (Å²) >= 11 is 2.32. The number of hydrogen-bond acceptors (Lipinski definition) is 4. The minimum absolute atomic E-state index is 0.225. The summed E-state index contributed by atoms with van der Waals surface area (Å²) in [6.07, 6.45) is -19.1. The van der Waals surface area contributed by atoms with E-state index in [9.17, 15) is 58.8 Å². The lowest BCUT2D eigenvalue weighted by molar-refractivity contribution is -0.383. The molecule has 0 aliphatic rings. The van der Waals surface area contributed by atoms with Gasteiger partial charge in [0.15, 0.2) is 0 Å².